The molecule has 0 aromatic heterocycles. The highest BCUT2D eigenvalue weighted by Crippen LogP contribution is 2.16. The molecule has 0 aliphatic heterocycles. The summed E-state index contributed by atoms with van der Waals surface area (Å²) < 4.78 is 4.37. The lowest BCUT2D eigenvalue weighted by Crippen LogP contribution is -2.49. The van der Waals surface area contributed by atoms with Crippen molar-refractivity contribution < 1.29 is 19.9 Å². The molecule has 0 aromatic rings. The summed E-state index contributed by atoms with van der Waals surface area (Å²) in [6, 6.07) is 0. The number of carbonyl (C=O) groups excluding carboxylic acids is 1. The van der Waals surface area contributed by atoms with Crippen LogP contribution in [-0.2, 0) is 9.53 Å². The first-order valence-electron chi connectivity index (χ1n) is 3.25. The molecule has 0 aliphatic carbocycles. The van der Waals surface area contributed by atoms with E-state index in [1.165, 1.54) is 14.0 Å². The molecule has 0 bridgehead atoms. The number of rotatable bonds is 3. The summed E-state index contributed by atoms with van der Waals surface area (Å²) in [5.41, 5.74) is -1.37. The first-order chi connectivity index (χ1) is 4.99. The predicted molar refractivity (Wildman–Crippen MR) is 36.1 cm³/mol. The van der Waals surface area contributed by atoms with Gasteiger partial charge in [0.05, 0.1) is 7.11 Å². The lowest BCUT2D eigenvalue weighted by Gasteiger charge is -2.27. The molecular formula is C6H13NO4. The lowest BCUT2D eigenvalue weighted by molar-refractivity contribution is -0.354. The fourth-order valence-corrected chi connectivity index (χ4v) is 0.587. The van der Waals surface area contributed by atoms with Gasteiger partial charge in [0.1, 0.15) is 0 Å². The second kappa shape index (κ2) is 3.66. The van der Waals surface area contributed by atoms with Crippen LogP contribution in [0.2, 0.25) is 0 Å². The van der Waals surface area contributed by atoms with E-state index in [0.29, 0.717) is 0 Å². The summed E-state index contributed by atoms with van der Waals surface area (Å²) in [5.74, 6) is -0.676. The van der Waals surface area contributed by atoms with Crippen LogP contribution in [0.1, 0.15) is 20.3 Å². The van der Waals surface area contributed by atoms with Gasteiger partial charge in [0.25, 0.3) is 0 Å². The molecule has 1 atom stereocenters. The highest BCUT2D eigenvalue weighted by Gasteiger charge is 2.38. The molecule has 1 unspecified atom stereocenters. The van der Waals surface area contributed by atoms with E-state index in [1.54, 1.807) is 6.92 Å². The molecule has 0 spiro atoms. The normalized spacial score (nSPS) is 16.2. The number of hydrogen-bond donors (Lipinski definition) is 2. The van der Waals surface area contributed by atoms with Crippen LogP contribution < -0.4 is 0 Å². The second-order valence-corrected chi connectivity index (χ2v) is 2.41. The minimum atomic E-state index is -1.37. The molecule has 0 heterocycles. The van der Waals surface area contributed by atoms with Crippen LogP contribution in [0, 0.1) is 0 Å². The SMILES string of the molecule is CCC(C)(C(=O)OC)N(O)O. The van der Waals surface area contributed by atoms with Crippen LogP contribution in [0.4, 0.5) is 0 Å². The minimum Gasteiger partial charge on any atom is -0.468 e. The highest BCUT2D eigenvalue weighted by molar-refractivity contribution is 5.79. The topological polar surface area (TPSA) is 70.0 Å². The van der Waals surface area contributed by atoms with Crippen molar-refractivity contribution in [1.82, 2.24) is 5.23 Å². The quantitative estimate of drug-likeness (QED) is 0.465. The number of carbonyl (C=O) groups is 1. The summed E-state index contributed by atoms with van der Waals surface area (Å²) in [6.07, 6.45) is 0.257. The van der Waals surface area contributed by atoms with Gasteiger partial charge in [-0.1, -0.05) is 12.2 Å². The number of esters is 1. The zero-order valence-corrected chi connectivity index (χ0v) is 6.87. The Morgan fingerprint density at radius 1 is 1.64 bits per heavy atom. The van der Waals surface area contributed by atoms with Crippen molar-refractivity contribution in [2.75, 3.05) is 7.11 Å². The largest absolute Gasteiger partial charge is 0.468 e. The van der Waals surface area contributed by atoms with E-state index in [1.807, 2.05) is 0 Å². The average Bonchev–Trinajstić information content (AvgIpc) is 2.01. The van der Waals surface area contributed by atoms with Gasteiger partial charge in [0, 0.05) is 0 Å². The highest BCUT2D eigenvalue weighted by atomic mass is 16.8. The van der Waals surface area contributed by atoms with Crippen molar-refractivity contribution in [2.45, 2.75) is 25.8 Å². The molecule has 0 radical (unpaired) electrons. The third-order valence-corrected chi connectivity index (χ3v) is 1.76. The van der Waals surface area contributed by atoms with Crippen molar-refractivity contribution in [3.05, 3.63) is 0 Å². The zero-order chi connectivity index (χ0) is 9.07. The maximum atomic E-state index is 10.9. The molecule has 0 saturated carbocycles. The van der Waals surface area contributed by atoms with E-state index in [4.69, 9.17) is 10.4 Å². The smallest absolute Gasteiger partial charge is 0.330 e. The molecule has 5 heteroatoms. The number of ether oxygens (including phenoxy) is 1. The summed E-state index contributed by atoms with van der Waals surface area (Å²) >= 11 is 0. The van der Waals surface area contributed by atoms with Crippen molar-refractivity contribution in [1.29, 1.82) is 0 Å². The molecule has 0 aromatic carbocycles. The van der Waals surface area contributed by atoms with Crippen molar-refractivity contribution in [3.8, 4) is 0 Å². The van der Waals surface area contributed by atoms with Gasteiger partial charge >= 0.3 is 5.97 Å². The second-order valence-electron chi connectivity index (χ2n) is 2.41. The van der Waals surface area contributed by atoms with Crippen molar-refractivity contribution >= 4 is 5.97 Å². The minimum absolute atomic E-state index is 0.126. The maximum absolute atomic E-state index is 10.9. The Bertz CT molecular complexity index is 148. The van der Waals surface area contributed by atoms with E-state index >= 15 is 0 Å². The molecule has 0 aliphatic rings. The van der Waals surface area contributed by atoms with Gasteiger partial charge in [-0.05, 0) is 13.3 Å². The number of hydroxylamine groups is 2. The summed E-state index contributed by atoms with van der Waals surface area (Å²) in [5, 5.41) is 17.2. The van der Waals surface area contributed by atoms with Crippen LogP contribution in [-0.4, -0.2) is 34.3 Å². The molecule has 66 valence electrons. The summed E-state index contributed by atoms with van der Waals surface area (Å²) in [7, 11) is 1.19. The van der Waals surface area contributed by atoms with E-state index in [2.05, 4.69) is 4.74 Å². The average molecular weight is 163 g/mol. The van der Waals surface area contributed by atoms with Gasteiger partial charge in [-0.3, -0.25) is 10.4 Å². The van der Waals surface area contributed by atoms with Crippen molar-refractivity contribution in [2.24, 2.45) is 0 Å². The van der Waals surface area contributed by atoms with E-state index in [9.17, 15) is 4.79 Å². The summed E-state index contributed by atoms with van der Waals surface area (Å²) in [4.78, 5) is 10.9. The fraction of sp³-hybridized carbons (Fsp3) is 0.833. The Balaban J connectivity index is 4.45. The van der Waals surface area contributed by atoms with Crippen LogP contribution in [0.3, 0.4) is 0 Å². The van der Waals surface area contributed by atoms with E-state index < -0.39 is 11.5 Å². The van der Waals surface area contributed by atoms with E-state index in [0.717, 1.165) is 0 Å². The maximum Gasteiger partial charge on any atom is 0.330 e. The molecular weight excluding hydrogens is 150 g/mol. The Hall–Kier alpha value is -0.650. The number of hydrogen-bond acceptors (Lipinski definition) is 5. The third-order valence-electron chi connectivity index (χ3n) is 1.76. The predicted octanol–water partition coefficient (Wildman–Crippen LogP) is 0.408. The molecule has 11 heavy (non-hydrogen) atoms. The molecule has 0 fully saturated rings. The first-order valence-corrected chi connectivity index (χ1v) is 3.25. The third kappa shape index (κ3) is 1.89. The van der Waals surface area contributed by atoms with Crippen LogP contribution in [0.15, 0.2) is 0 Å². The van der Waals surface area contributed by atoms with Gasteiger partial charge in [-0.2, -0.15) is 0 Å². The monoisotopic (exact) mass is 163 g/mol. The van der Waals surface area contributed by atoms with Crippen LogP contribution >= 0.6 is 0 Å². The molecule has 0 saturated heterocycles. The van der Waals surface area contributed by atoms with Gasteiger partial charge in [0.2, 0.25) is 0 Å². The van der Waals surface area contributed by atoms with E-state index in [-0.39, 0.29) is 11.6 Å². The van der Waals surface area contributed by atoms with Gasteiger partial charge in [-0.15, -0.1) is 0 Å². The number of methoxy groups -OCH3 is 1. The Morgan fingerprint density at radius 2 is 2.09 bits per heavy atom. The molecule has 5 nitrogen and oxygen atoms in total. The molecule has 0 rings (SSSR count). The lowest BCUT2D eigenvalue weighted by atomic mass is 10.0. The Morgan fingerprint density at radius 3 is 2.18 bits per heavy atom. The van der Waals surface area contributed by atoms with Crippen LogP contribution in [0.25, 0.3) is 0 Å². The van der Waals surface area contributed by atoms with Crippen LogP contribution in [0.5, 0.6) is 0 Å². The fourth-order valence-electron chi connectivity index (χ4n) is 0.587. The van der Waals surface area contributed by atoms with Gasteiger partial charge < -0.3 is 4.74 Å². The summed E-state index contributed by atoms with van der Waals surface area (Å²) in [6.45, 7) is 3.02. The van der Waals surface area contributed by atoms with Crippen molar-refractivity contribution in [3.63, 3.8) is 0 Å². The van der Waals surface area contributed by atoms with Gasteiger partial charge in [0.15, 0.2) is 5.54 Å². The first kappa shape index (κ1) is 10.3. The Labute approximate surface area is 65.1 Å². The van der Waals surface area contributed by atoms with Gasteiger partial charge in [-0.25, -0.2) is 4.79 Å². The molecule has 0 amide bonds. The standard InChI is InChI=1S/C6H13NO4/c1-4-6(2,7(9)10)5(8)11-3/h9-10H,4H2,1-3H3. The molecule has 2 N–H and O–H groups in total. The Kier molecular flexibility index (Phi) is 3.44. The number of nitrogens with zero attached hydrogens (tertiary/aromatic N) is 1. The zero-order valence-electron chi connectivity index (χ0n) is 6.87.